The Kier molecular flexibility index (Phi) is 7.22. The number of nitrogens with zero attached hydrogens (tertiary/aromatic N) is 1. The Labute approximate surface area is 170 Å². The number of benzene rings is 2. The normalized spacial score (nSPS) is 12.0. The van der Waals surface area contributed by atoms with E-state index in [0.717, 1.165) is 10.6 Å². The molecule has 0 bridgehead atoms. The molecule has 2 aromatic carbocycles. The quantitative estimate of drug-likeness (QED) is 0.685. The molecule has 0 saturated heterocycles. The van der Waals surface area contributed by atoms with Crippen LogP contribution in [0, 0.1) is 0 Å². The first-order valence-electron chi connectivity index (χ1n) is 9.02. The minimum absolute atomic E-state index is 0.199. The highest BCUT2D eigenvalue weighted by atomic mass is 32.2. The first-order valence-corrected chi connectivity index (χ1v) is 10.9. The Morgan fingerprint density at radius 2 is 1.52 bits per heavy atom. The largest absolute Gasteiger partial charge is 0.494 e. The van der Waals surface area contributed by atoms with Crippen molar-refractivity contribution >= 4 is 38.9 Å². The average molecular weight is 420 g/mol. The van der Waals surface area contributed by atoms with Crippen molar-refractivity contribution in [3.05, 3.63) is 48.5 Å². The van der Waals surface area contributed by atoms with Crippen molar-refractivity contribution in [1.82, 2.24) is 0 Å². The molecule has 2 amide bonds. The van der Waals surface area contributed by atoms with Crippen LogP contribution in [0.25, 0.3) is 0 Å². The van der Waals surface area contributed by atoms with E-state index in [4.69, 9.17) is 4.74 Å². The van der Waals surface area contributed by atoms with Crippen LogP contribution < -0.4 is 19.7 Å². The summed E-state index contributed by atoms with van der Waals surface area (Å²) in [6, 6.07) is 12.0. The summed E-state index contributed by atoms with van der Waals surface area (Å²) in [7, 11) is -3.72. The number of sulfonamides is 1. The van der Waals surface area contributed by atoms with Gasteiger partial charge >= 0.3 is 0 Å². The minimum Gasteiger partial charge on any atom is -0.494 e. The molecule has 2 aromatic rings. The maximum absolute atomic E-state index is 12.7. The van der Waals surface area contributed by atoms with Gasteiger partial charge in [-0.1, -0.05) is 0 Å². The SMILES string of the molecule is CCOc1ccc(N([C@H](C)C(=O)Nc2ccc(NC(C)=O)cc2)S(C)(=O)=O)cc1. The first-order chi connectivity index (χ1) is 13.6. The van der Waals surface area contributed by atoms with E-state index in [0.29, 0.717) is 29.4 Å². The van der Waals surface area contributed by atoms with Gasteiger partial charge in [-0.25, -0.2) is 8.42 Å². The number of rotatable bonds is 8. The van der Waals surface area contributed by atoms with Gasteiger partial charge in [0, 0.05) is 18.3 Å². The zero-order valence-electron chi connectivity index (χ0n) is 16.8. The van der Waals surface area contributed by atoms with Crippen molar-refractivity contribution in [2.45, 2.75) is 26.8 Å². The number of nitrogens with one attached hydrogen (secondary N) is 2. The topological polar surface area (TPSA) is 105 Å². The molecule has 0 heterocycles. The summed E-state index contributed by atoms with van der Waals surface area (Å²) in [6.45, 7) is 5.26. The lowest BCUT2D eigenvalue weighted by atomic mass is 10.2. The predicted molar refractivity (Wildman–Crippen MR) is 114 cm³/mol. The Morgan fingerprint density at radius 3 is 1.97 bits per heavy atom. The molecular formula is C20H25N3O5S. The first kappa shape index (κ1) is 22.2. The Balaban J connectivity index is 2.19. The monoisotopic (exact) mass is 419 g/mol. The number of anilines is 3. The number of carbonyl (C=O) groups excluding carboxylic acids is 2. The molecule has 0 radical (unpaired) electrons. The number of ether oxygens (including phenoxy) is 1. The van der Waals surface area contributed by atoms with Crippen LogP contribution in [0.15, 0.2) is 48.5 Å². The van der Waals surface area contributed by atoms with E-state index in [1.165, 1.54) is 13.8 Å². The van der Waals surface area contributed by atoms with Crippen LogP contribution in [0.3, 0.4) is 0 Å². The van der Waals surface area contributed by atoms with Crippen molar-refractivity contribution in [1.29, 1.82) is 0 Å². The van der Waals surface area contributed by atoms with Crippen LogP contribution >= 0.6 is 0 Å². The van der Waals surface area contributed by atoms with Crippen LogP contribution in [0.5, 0.6) is 5.75 Å². The third-order valence-electron chi connectivity index (χ3n) is 3.96. The maximum atomic E-state index is 12.7. The Hall–Kier alpha value is -3.07. The summed E-state index contributed by atoms with van der Waals surface area (Å²) in [5.41, 5.74) is 1.44. The molecule has 0 aliphatic heterocycles. The predicted octanol–water partition coefficient (Wildman–Crippen LogP) is 2.84. The summed E-state index contributed by atoms with van der Waals surface area (Å²) >= 11 is 0. The van der Waals surface area contributed by atoms with Gasteiger partial charge < -0.3 is 15.4 Å². The van der Waals surface area contributed by atoms with Crippen LogP contribution in [-0.4, -0.2) is 39.1 Å². The van der Waals surface area contributed by atoms with Crippen molar-refractivity contribution in [3.63, 3.8) is 0 Å². The molecule has 0 aromatic heterocycles. The summed E-state index contributed by atoms with van der Waals surface area (Å²) < 4.78 is 31.2. The van der Waals surface area contributed by atoms with Gasteiger partial charge in [0.25, 0.3) is 0 Å². The fourth-order valence-electron chi connectivity index (χ4n) is 2.75. The van der Waals surface area contributed by atoms with Gasteiger partial charge in [-0.3, -0.25) is 13.9 Å². The van der Waals surface area contributed by atoms with E-state index in [1.54, 1.807) is 48.5 Å². The second-order valence-electron chi connectivity index (χ2n) is 6.41. The number of hydrogen-bond donors (Lipinski definition) is 2. The van der Waals surface area contributed by atoms with E-state index in [2.05, 4.69) is 10.6 Å². The second-order valence-corrected chi connectivity index (χ2v) is 8.27. The fraction of sp³-hybridized carbons (Fsp3) is 0.300. The number of hydrogen-bond acceptors (Lipinski definition) is 5. The lowest BCUT2D eigenvalue weighted by Gasteiger charge is -2.28. The van der Waals surface area contributed by atoms with Crippen LogP contribution in [0.2, 0.25) is 0 Å². The third-order valence-corrected chi connectivity index (χ3v) is 5.21. The molecule has 9 heteroatoms. The maximum Gasteiger partial charge on any atom is 0.247 e. The molecule has 0 unspecified atom stereocenters. The lowest BCUT2D eigenvalue weighted by Crippen LogP contribution is -2.45. The molecule has 156 valence electrons. The summed E-state index contributed by atoms with van der Waals surface area (Å²) in [5, 5.41) is 5.33. The van der Waals surface area contributed by atoms with Gasteiger partial charge in [0.05, 0.1) is 18.6 Å². The van der Waals surface area contributed by atoms with Crippen molar-refractivity contribution in [2.24, 2.45) is 0 Å². The zero-order valence-corrected chi connectivity index (χ0v) is 17.6. The fourth-order valence-corrected chi connectivity index (χ4v) is 3.93. The van der Waals surface area contributed by atoms with Crippen molar-refractivity contribution in [2.75, 3.05) is 27.8 Å². The van der Waals surface area contributed by atoms with E-state index >= 15 is 0 Å². The lowest BCUT2D eigenvalue weighted by molar-refractivity contribution is -0.117. The van der Waals surface area contributed by atoms with Crippen molar-refractivity contribution < 1.29 is 22.7 Å². The molecule has 0 fully saturated rings. The van der Waals surface area contributed by atoms with Crippen LogP contribution in [-0.2, 0) is 19.6 Å². The zero-order chi connectivity index (χ0) is 21.6. The highest BCUT2D eigenvalue weighted by molar-refractivity contribution is 7.92. The van der Waals surface area contributed by atoms with E-state index in [1.807, 2.05) is 6.92 Å². The second kappa shape index (κ2) is 9.42. The van der Waals surface area contributed by atoms with Gasteiger partial charge in [-0.15, -0.1) is 0 Å². The number of carbonyl (C=O) groups is 2. The minimum atomic E-state index is -3.72. The molecular weight excluding hydrogens is 394 g/mol. The summed E-state index contributed by atoms with van der Waals surface area (Å²) in [4.78, 5) is 23.8. The van der Waals surface area contributed by atoms with Crippen molar-refractivity contribution in [3.8, 4) is 5.75 Å². The standard InChI is InChI=1S/C20H25N3O5S/c1-5-28-19-12-10-18(11-13-19)23(29(4,26)27)14(2)20(25)22-17-8-6-16(7-9-17)21-15(3)24/h6-14H,5H2,1-4H3,(H,21,24)(H,22,25)/t14-/m1/s1. The highest BCUT2D eigenvalue weighted by Crippen LogP contribution is 2.24. The van der Waals surface area contributed by atoms with Gasteiger partial charge in [-0.05, 0) is 62.4 Å². The van der Waals surface area contributed by atoms with Crippen LogP contribution in [0.1, 0.15) is 20.8 Å². The number of amides is 2. The molecule has 0 spiro atoms. The molecule has 2 rings (SSSR count). The van der Waals surface area contributed by atoms with E-state index in [-0.39, 0.29) is 5.91 Å². The molecule has 0 aliphatic rings. The van der Waals surface area contributed by atoms with E-state index in [9.17, 15) is 18.0 Å². The molecule has 0 aliphatic carbocycles. The summed E-state index contributed by atoms with van der Waals surface area (Å²) in [5.74, 6) is -0.0767. The third kappa shape index (κ3) is 6.21. The van der Waals surface area contributed by atoms with Gasteiger partial charge in [0.15, 0.2) is 0 Å². The van der Waals surface area contributed by atoms with Crippen LogP contribution in [0.4, 0.5) is 17.1 Å². The van der Waals surface area contributed by atoms with Gasteiger partial charge in [0.2, 0.25) is 21.8 Å². The molecule has 2 N–H and O–H groups in total. The molecule has 8 nitrogen and oxygen atoms in total. The van der Waals surface area contributed by atoms with E-state index < -0.39 is 22.0 Å². The molecule has 29 heavy (non-hydrogen) atoms. The smallest absolute Gasteiger partial charge is 0.247 e. The summed E-state index contributed by atoms with van der Waals surface area (Å²) in [6.07, 6.45) is 1.05. The van der Waals surface area contributed by atoms with Gasteiger partial charge in [0.1, 0.15) is 11.8 Å². The molecule has 1 atom stereocenters. The highest BCUT2D eigenvalue weighted by Gasteiger charge is 2.29. The molecule has 0 saturated carbocycles. The Morgan fingerprint density at radius 1 is 1.00 bits per heavy atom. The Bertz CT molecular complexity index is 957. The average Bonchev–Trinajstić information content (AvgIpc) is 2.63. The van der Waals surface area contributed by atoms with Gasteiger partial charge in [-0.2, -0.15) is 0 Å².